The molecule has 0 aliphatic rings. The van der Waals surface area contributed by atoms with Gasteiger partial charge >= 0.3 is 58.8 Å². The summed E-state index contributed by atoms with van der Waals surface area (Å²) < 4.78 is 5.22. The fourth-order valence-corrected chi connectivity index (χ4v) is 0.559. The first-order valence-electron chi connectivity index (χ1n) is 2.50. The van der Waals surface area contributed by atoms with Gasteiger partial charge in [0.15, 0.2) is 0 Å². The summed E-state index contributed by atoms with van der Waals surface area (Å²) in [7, 11) is 0. The summed E-state index contributed by atoms with van der Waals surface area (Å²) in [6.07, 6.45) is 1.11. The molecule has 0 atom stereocenters. The molecule has 0 spiro atoms. The molecule has 0 rings (SSSR count). The minimum absolute atomic E-state index is 0.141. The van der Waals surface area contributed by atoms with Gasteiger partial charge in [0.1, 0.15) is 0 Å². The van der Waals surface area contributed by atoms with Crippen LogP contribution in [0.5, 0.6) is 0 Å². The summed E-state index contributed by atoms with van der Waals surface area (Å²) >= 11 is 0.914. The van der Waals surface area contributed by atoms with E-state index in [9.17, 15) is 0 Å². The van der Waals surface area contributed by atoms with E-state index in [0.717, 1.165) is 29.4 Å². The van der Waals surface area contributed by atoms with Gasteiger partial charge in [0.2, 0.25) is 0 Å². The second-order valence-electron chi connectivity index (χ2n) is 2.23. The fourth-order valence-electron chi connectivity index (χ4n) is 0.0833. The molecule has 0 unspecified atom stereocenters. The molecule has 0 bridgehead atoms. The van der Waals surface area contributed by atoms with Gasteiger partial charge < -0.3 is 0 Å². The van der Waals surface area contributed by atoms with Crippen LogP contribution < -0.4 is 0 Å². The summed E-state index contributed by atoms with van der Waals surface area (Å²) in [5.41, 5.74) is 0.141. The Morgan fingerprint density at radius 3 is 2.00 bits per heavy atom. The standard InChI is InChI=1S/C5H11O.Sn.H/c1-4-5(2,3)6;;/h4H2,1-3H3;;/q-1;+1;. The van der Waals surface area contributed by atoms with Crippen molar-refractivity contribution >= 4 is 22.9 Å². The summed E-state index contributed by atoms with van der Waals surface area (Å²) in [6, 6.07) is 0. The van der Waals surface area contributed by atoms with E-state index in [1.165, 1.54) is 0 Å². The van der Waals surface area contributed by atoms with Gasteiger partial charge in [-0.1, -0.05) is 0 Å². The molecule has 2 radical (unpaired) electrons. The molecule has 0 heterocycles. The van der Waals surface area contributed by atoms with Crippen LogP contribution in [-0.4, -0.2) is 28.5 Å². The summed E-state index contributed by atoms with van der Waals surface area (Å²) in [4.78, 5) is 0. The van der Waals surface area contributed by atoms with E-state index in [0.29, 0.717) is 0 Å². The van der Waals surface area contributed by atoms with E-state index in [1.807, 2.05) is 0 Å². The summed E-state index contributed by atoms with van der Waals surface area (Å²) in [6.45, 7) is 6.35. The van der Waals surface area contributed by atoms with Gasteiger partial charge in [-0.2, -0.15) is 0 Å². The fraction of sp³-hybridized carbons (Fsp3) is 1.00. The van der Waals surface area contributed by atoms with Crippen LogP contribution >= 0.6 is 0 Å². The van der Waals surface area contributed by atoms with Crippen LogP contribution in [0.1, 0.15) is 27.2 Å². The Labute approximate surface area is 59.1 Å². The second-order valence-corrected chi connectivity index (χ2v) is 2.90. The SMILES string of the molecule is CCC(C)(C)[O][SnH]. The van der Waals surface area contributed by atoms with Gasteiger partial charge in [0.25, 0.3) is 0 Å². The van der Waals surface area contributed by atoms with E-state index < -0.39 is 0 Å². The summed E-state index contributed by atoms with van der Waals surface area (Å²) in [5, 5.41) is 0. The molecule has 0 aliphatic carbocycles. The van der Waals surface area contributed by atoms with Crippen molar-refractivity contribution in [2.45, 2.75) is 32.8 Å². The Bertz CT molecular complexity index is 46.0. The third-order valence-corrected chi connectivity index (χ3v) is 2.99. The van der Waals surface area contributed by atoms with Crippen molar-refractivity contribution in [3.05, 3.63) is 0 Å². The molecule has 0 saturated carbocycles. The first-order chi connectivity index (χ1) is 3.12. The molecule has 0 fully saturated rings. The first-order valence-corrected chi connectivity index (χ1v) is 3.85. The number of hydrogen-bond acceptors (Lipinski definition) is 1. The average molecular weight is 207 g/mol. The zero-order chi connectivity index (χ0) is 5.91. The van der Waals surface area contributed by atoms with Gasteiger partial charge in [0, 0.05) is 0 Å². The molecule has 0 aromatic carbocycles. The normalized spacial score (nSPS) is 12.0. The van der Waals surface area contributed by atoms with Crippen LogP contribution in [0.2, 0.25) is 0 Å². The van der Waals surface area contributed by atoms with E-state index in [4.69, 9.17) is 3.07 Å². The maximum absolute atomic E-state index is 5.22. The third-order valence-electron chi connectivity index (χ3n) is 1.17. The predicted octanol–water partition coefficient (Wildman–Crippen LogP) is 1.01. The zero-order valence-corrected chi connectivity index (χ0v) is 8.49. The van der Waals surface area contributed by atoms with Gasteiger partial charge in [-0.3, -0.25) is 0 Å². The Morgan fingerprint density at radius 2 is 2.00 bits per heavy atom. The van der Waals surface area contributed by atoms with Crippen molar-refractivity contribution in [2.75, 3.05) is 0 Å². The predicted molar refractivity (Wildman–Crippen MR) is 32.6 cm³/mol. The van der Waals surface area contributed by atoms with Crippen molar-refractivity contribution in [1.82, 2.24) is 0 Å². The van der Waals surface area contributed by atoms with Gasteiger partial charge in [-0.05, 0) is 0 Å². The minimum atomic E-state index is 0.141. The van der Waals surface area contributed by atoms with E-state index in [1.54, 1.807) is 0 Å². The van der Waals surface area contributed by atoms with Crippen LogP contribution in [0.25, 0.3) is 0 Å². The summed E-state index contributed by atoms with van der Waals surface area (Å²) in [5.74, 6) is 0. The van der Waals surface area contributed by atoms with Crippen molar-refractivity contribution < 1.29 is 3.07 Å². The van der Waals surface area contributed by atoms with Crippen molar-refractivity contribution in [3.8, 4) is 0 Å². The average Bonchev–Trinajstić information content (AvgIpc) is 1.68. The maximum atomic E-state index is 5.22. The van der Waals surface area contributed by atoms with Gasteiger partial charge in [-0.15, -0.1) is 0 Å². The van der Waals surface area contributed by atoms with Gasteiger partial charge in [-0.25, -0.2) is 0 Å². The van der Waals surface area contributed by atoms with Crippen LogP contribution in [0.15, 0.2) is 0 Å². The van der Waals surface area contributed by atoms with E-state index in [-0.39, 0.29) is 5.60 Å². The van der Waals surface area contributed by atoms with Crippen LogP contribution in [-0.2, 0) is 3.07 Å². The Balaban J connectivity index is 3.36. The van der Waals surface area contributed by atoms with Crippen LogP contribution in [0, 0.1) is 0 Å². The van der Waals surface area contributed by atoms with Crippen molar-refractivity contribution in [1.29, 1.82) is 0 Å². The molecule has 0 aromatic rings. The van der Waals surface area contributed by atoms with Crippen molar-refractivity contribution in [2.24, 2.45) is 0 Å². The molecule has 0 aromatic heterocycles. The molecule has 0 saturated heterocycles. The Morgan fingerprint density at radius 1 is 1.57 bits per heavy atom. The topological polar surface area (TPSA) is 9.23 Å². The molecular weight excluding hydrogens is 195 g/mol. The molecule has 2 heteroatoms. The first kappa shape index (κ1) is 7.76. The van der Waals surface area contributed by atoms with Gasteiger partial charge in [0.05, 0.1) is 0 Å². The Hall–Kier alpha value is 0.759. The molecule has 7 heavy (non-hydrogen) atoms. The quantitative estimate of drug-likeness (QED) is 0.613. The number of hydrogen-bond donors (Lipinski definition) is 0. The molecule has 42 valence electrons. The molecule has 0 aliphatic heterocycles. The monoisotopic (exact) mass is 208 g/mol. The zero-order valence-electron chi connectivity index (χ0n) is 5.19. The molecule has 1 nitrogen and oxygen atoms in total. The molecular formula is C5H12OSn. The molecule has 0 N–H and O–H groups in total. The van der Waals surface area contributed by atoms with Crippen molar-refractivity contribution in [3.63, 3.8) is 0 Å². The third kappa shape index (κ3) is 3.35. The Kier molecular flexibility index (Phi) is 3.24. The number of rotatable bonds is 2. The molecule has 0 amide bonds. The van der Waals surface area contributed by atoms with Crippen LogP contribution in [0.4, 0.5) is 0 Å². The van der Waals surface area contributed by atoms with E-state index in [2.05, 4.69) is 20.8 Å². The second kappa shape index (κ2) is 2.92. The van der Waals surface area contributed by atoms with E-state index >= 15 is 0 Å². The van der Waals surface area contributed by atoms with Crippen LogP contribution in [0.3, 0.4) is 0 Å².